The lowest BCUT2D eigenvalue weighted by Crippen LogP contribution is -2.25. The van der Waals surface area contributed by atoms with E-state index in [1.54, 1.807) is 6.20 Å². The van der Waals surface area contributed by atoms with Crippen molar-refractivity contribution in [3.05, 3.63) is 29.0 Å². The highest BCUT2D eigenvalue weighted by Gasteiger charge is 2.39. The molecule has 3 heteroatoms. The molecule has 1 saturated carbocycles. The Morgan fingerprint density at radius 1 is 1.29 bits per heavy atom. The summed E-state index contributed by atoms with van der Waals surface area (Å²) >= 11 is 6.19. The maximum absolute atomic E-state index is 6.19. The smallest absolute Gasteiger partial charge is 0.0481 e. The minimum absolute atomic E-state index is 0.648. The van der Waals surface area contributed by atoms with Crippen LogP contribution >= 0.6 is 11.6 Å². The third kappa shape index (κ3) is 2.34. The van der Waals surface area contributed by atoms with E-state index >= 15 is 0 Å². The lowest BCUT2D eigenvalue weighted by atomic mass is 9.86. The largest absolute Gasteiger partial charge is 0.298 e. The molecule has 2 fully saturated rings. The van der Waals surface area contributed by atoms with Crippen molar-refractivity contribution in [2.24, 2.45) is 5.41 Å². The van der Waals surface area contributed by atoms with E-state index in [1.165, 1.54) is 50.8 Å². The van der Waals surface area contributed by atoms with Gasteiger partial charge in [-0.1, -0.05) is 24.4 Å². The van der Waals surface area contributed by atoms with Crippen LogP contribution in [0, 0.1) is 5.41 Å². The molecule has 3 rings (SSSR count). The molecule has 0 radical (unpaired) electrons. The standard InChI is InChI=1S/C14H19ClN2/c15-13-3-7-16-9-12(13)10-17-8-6-14(11-17)4-1-2-5-14/h3,7,9H,1-2,4-6,8,10-11H2. The molecule has 0 aromatic carbocycles. The van der Waals surface area contributed by atoms with Crippen LogP contribution in [-0.2, 0) is 6.54 Å². The Balaban J connectivity index is 1.66. The normalized spacial score (nSPS) is 23.6. The summed E-state index contributed by atoms with van der Waals surface area (Å²) in [7, 11) is 0. The van der Waals surface area contributed by atoms with Crippen molar-refractivity contribution < 1.29 is 0 Å². The predicted octanol–water partition coefficient (Wildman–Crippen LogP) is 3.50. The van der Waals surface area contributed by atoms with Gasteiger partial charge in [0.1, 0.15) is 0 Å². The maximum atomic E-state index is 6.19. The van der Waals surface area contributed by atoms with E-state index in [4.69, 9.17) is 11.6 Å². The average molecular weight is 251 g/mol. The van der Waals surface area contributed by atoms with Gasteiger partial charge in [-0.15, -0.1) is 0 Å². The van der Waals surface area contributed by atoms with Gasteiger partial charge < -0.3 is 0 Å². The Hall–Kier alpha value is -0.600. The fourth-order valence-electron chi connectivity index (χ4n) is 3.46. The first-order valence-electron chi connectivity index (χ1n) is 6.58. The van der Waals surface area contributed by atoms with Crippen LogP contribution in [0.25, 0.3) is 0 Å². The average Bonchev–Trinajstić information content (AvgIpc) is 2.94. The third-order valence-electron chi connectivity index (χ3n) is 4.42. The van der Waals surface area contributed by atoms with E-state index in [0.717, 1.165) is 11.6 Å². The number of halogens is 1. The van der Waals surface area contributed by atoms with Gasteiger partial charge in [-0.3, -0.25) is 9.88 Å². The highest BCUT2D eigenvalue weighted by Crippen LogP contribution is 2.45. The van der Waals surface area contributed by atoms with Gasteiger partial charge in [0.15, 0.2) is 0 Å². The summed E-state index contributed by atoms with van der Waals surface area (Å²) < 4.78 is 0. The molecular formula is C14H19ClN2. The molecule has 17 heavy (non-hydrogen) atoms. The van der Waals surface area contributed by atoms with Crippen LogP contribution in [0.15, 0.2) is 18.5 Å². The molecule has 0 N–H and O–H groups in total. The van der Waals surface area contributed by atoms with Gasteiger partial charge in [-0.05, 0) is 37.3 Å². The van der Waals surface area contributed by atoms with Crippen LogP contribution in [0.4, 0.5) is 0 Å². The minimum atomic E-state index is 0.648. The molecule has 0 atom stereocenters. The summed E-state index contributed by atoms with van der Waals surface area (Å²) in [4.78, 5) is 6.72. The summed E-state index contributed by atoms with van der Waals surface area (Å²) in [5.74, 6) is 0. The monoisotopic (exact) mass is 250 g/mol. The van der Waals surface area contributed by atoms with Crippen LogP contribution in [-0.4, -0.2) is 23.0 Å². The van der Waals surface area contributed by atoms with Crippen molar-refractivity contribution in [2.45, 2.75) is 38.6 Å². The quantitative estimate of drug-likeness (QED) is 0.799. The van der Waals surface area contributed by atoms with Crippen LogP contribution < -0.4 is 0 Å². The van der Waals surface area contributed by atoms with Crippen molar-refractivity contribution in [1.29, 1.82) is 0 Å². The molecule has 1 aliphatic carbocycles. The first kappa shape index (κ1) is 11.5. The zero-order chi connectivity index (χ0) is 11.7. The number of likely N-dealkylation sites (tertiary alicyclic amines) is 1. The molecule has 1 saturated heterocycles. The van der Waals surface area contributed by atoms with Crippen LogP contribution in [0.1, 0.15) is 37.7 Å². The number of hydrogen-bond acceptors (Lipinski definition) is 2. The SMILES string of the molecule is Clc1ccncc1CN1CCC2(CCCC2)C1. The Labute approximate surface area is 108 Å². The Bertz CT molecular complexity index is 399. The number of hydrogen-bond donors (Lipinski definition) is 0. The Morgan fingerprint density at radius 2 is 2.12 bits per heavy atom. The molecule has 2 nitrogen and oxygen atoms in total. The fourth-order valence-corrected chi connectivity index (χ4v) is 3.63. The molecule has 2 heterocycles. The first-order chi connectivity index (χ1) is 8.27. The number of pyridine rings is 1. The first-order valence-corrected chi connectivity index (χ1v) is 6.96. The number of nitrogens with zero attached hydrogens (tertiary/aromatic N) is 2. The summed E-state index contributed by atoms with van der Waals surface area (Å²) in [5.41, 5.74) is 1.82. The van der Waals surface area contributed by atoms with E-state index < -0.39 is 0 Å². The zero-order valence-electron chi connectivity index (χ0n) is 10.2. The molecule has 1 spiro atoms. The van der Waals surface area contributed by atoms with Crippen molar-refractivity contribution in [2.75, 3.05) is 13.1 Å². The summed E-state index contributed by atoms with van der Waals surface area (Å²) in [6, 6.07) is 1.89. The van der Waals surface area contributed by atoms with Crippen molar-refractivity contribution in [1.82, 2.24) is 9.88 Å². The molecule has 1 aromatic rings. The van der Waals surface area contributed by atoms with Crippen molar-refractivity contribution >= 4 is 11.6 Å². The van der Waals surface area contributed by atoms with Crippen LogP contribution in [0.3, 0.4) is 0 Å². The third-order valence-corrected chi connectivity index (χ3v) is 4.79. The van der Waals surface area contributed by atoms with E-state index in [9.17, 15) is 0 Å². The minimum Gasteiger partial charge on any atom is -0.298 e. The molecular weight excluding hydrogens is 232 g/mol. The maximum Gasteiger partial charge on any atom is 0.0481 e. The molecule has 0 amide bonds. The molecule has 2 aliphatic rings. The van der Waals surface area contributed by atoms with Crippen LogP contribution in [0.2, 0.25) is 5.02 Å². The second kappa shape index (κ2) is 4.58. The van der Waals surface area contributed by atoms with Gasteiger partial charge in [-0.2, -0.15) is 0 Å². The molecule has 0 unspecified atom stereocenters. The second-order valence-electron chi connectivity index (χ2n) is 5.63. The molecule has 1 aromatic heterocycles. The molecule has 92 valence electrons. The topological polar surface area (TPSA) is 16.1 Å². The Kier molecular flexibility index (Phi) is 3.10. The highest BCUT2D eigenvalue weighted by molar-refractivity contribution is 6.31. The lowest BCUT2D eigenvalue weighted by Gasteiger charge is -2.23. The van der Waals surface area contributed by atoms with E-state index in [1.807, 2.05) is 12.3 Å². The zero-order valence-corrected chi connectivity index (χ0v) is 10.9. The van der Waals surface area contributed by atoms with Crippen molar-refractivity contribution in [3.63, 3.8) is 0 Å². The highest BCUT2D eigenvalue weighted by atomic mass is 35.5. The fraction of sp³-hybridized carbons (Fsp3) is 0.643. The molecule has 0 bridgehead atoms. The summed E-state index contributed by atoms with van der Waals surface area (Å²) in [5, 5.41) is 0.854. The lowest BCUT2D eigenvalue weighted by molar-refractivity contribution is 0.256. The van der Waals surface area contributed by atoms with E-state index in [-0.39, 0.29) is 0 Å². The van der Waals surface area contributed by atoms with Gasteiger partial charge in [-0.25, -0.2) is 0 Å². The number of aromatic nitrogens is 1. The van der Waals surface area contributed by atoms with Crippen LogP contribution in [0.5, 0.6) is 0 Å². The number of rotatable bonds is 2. The second-order valence-corrected chi connectivity index (χ2v) is 6.04. The van der Waals surface area contributed by atoms with E-state index in [2.05, 4.69) is 9.88 Å². The molecule has 1 aliphatic heterocycles. The van der Waals surface area contributed by atoms with Crippen molar-refractivity contribution in [3.8, 4) is 0 Å². The van der Waals surface area contributed by atoms with E-state index in [0.29, 0.717) is 5.41 Å². The summed E-state index contributed by atoms with van der Waals surface area (Å²) in [6.45, 7) is 3.46. The summed E-state index contributed by atoms with van der Waals surface area (Å²) in [6.07, 6.45) is 10.8. The predicted molar refractivity (Wildman–Crippen MR) is 70.0 cm³/mol. The van der Waals surface area contributed by atoms with Gasteiger partial charge in [0.05, 0.1) is 0 Å². The van der Waals surface area contributed by atoms with Gasteiger partial charge in [0.2, 0.25) is 0 Å². The van der Waals surface area contributed by atoms with Gasteiger partial charge >= 0.3 is 0 Å². The van der Waals surface area contributed by atoms with Gasteiger partial charge in [0, 0.05) is 36.1 Å². The van der Waals surface area contributed by atoms with Gasteiger partial charge in [0.25, 0.3) is 0 Å². The Morgan fingerprint density at radius 3 is 2.88 bits per heavy atom.